The molecule has 0 saturated carbocycles. The second-order valence-electron chi connectivity index (χ2n) is 4.52. The zero-order valence-corrected chi connectivity index (χ0v) is 11.0. The third kappa shape index (κ3) is 2.36. The summed E-state index contributed by atoms with van der Waals surface area (Å²) in [6.07, 6.45) is 1.65. The number of aromatic nitrogens is 1. The number of nitrogens with one attached hydrogen (secondary N) is 1. The minimum Gasteiger partial charge on any atom is -0.454 e. The van der Waals surface area contributed by atoms with Crippen molar-refractivity contribution in [1.82, 2.24) is 4.98 Å². The zero-order chi connectivity index (χ0) is 13.9. The quantitative estimate of drug-likeness (QED) is 0.926. The first-order valence-corrected chi connectivity index (χ1v) is 6.28. The lowest BCUT2D eigenvalue weighted by Gasteiger charge is -2.15. The van der Waals surface area contributed by atoms with Crippen LogP contribution >= 0.6 is 0 Å². The van der Waals surface area contributed by atoms with Gasteiger partial charge < -0.3 is 14.8 Å². The normalized spacial score (nSPS) is 13.6. The molecular formula is C15H13N3O2. The molecule has 2 heterocycles. The van der Waals surface area contributed by atoms with Crippen LogP contribution in [-0.2, 0) is 0 Å². The van der Waals surface area contributed by atoms with Gasteiger partial charge in [-0.3, -0.25) is 0 Å². The van der Waals surface area contributed by atoms with Crippen molar-refractivity contribution in [1.29, 1.82) is 5.26 Å². The third-order valence-electron chi connectivity index (χ3n) is 3.16. The van der Waals surface area contributed by atoms with Crippen LogP contribution in [0.2, 0.25) is 0 Å². The van der Waals surface area contributed by atoms with E-state index in [9.17, 15) is 0 Å². The molecule has 0 amide bonds. The molecule has 100 valence electrons. The molecule has 0 aliphatic carbocycles. The summed E-state index contributed by atoms with van der Waals surface area (Å²) < 4.78 is 10.7. The van der Waals surface area contributed by atoms with Crippen LogP contribution in [0.5, 0.6) is 11.5 Å². The number of pyridine rings is 1. The summed E-state index contributed by atoms with van der Waals surface area (Å²) in [5.41, 5.74) is 2.37. The average Bonchev–Trinajstić information content (AvgIpc) is 2.95. The first-order valence-electron chi connectivity index (χ1n) is 6.28. The maximum absolute atomic E-state index is 8.72. The molecule has 5 nitrogen and oxygen atoms in total. The van der Waals surface area contributed by atoms with E-state index in [0.29, 0.717) is 5.69 Å². The highest BCUT2D eigenvalue weighted by atomic mass is 16.7. The Bertz CT molecular complexity index is 662. The van der Waals surface area contributed by atoms with Crippen molar-refractivity contribution in [2.75, 3.05) is 12.1 Å². The molecule has 5 heteroatoms. The predicted octanol–water partition coefficient (Wildman–Crippen LogP) is 2.86. The van der Waals surface area contributed by atoms with Gasteiger partial charge in [-0.1, -0.05) is 6.07 Å². The van der Waals surface area contributed by atoms with E-state index in [0.717, 1.165) is 22.7 Å². The molecule has 1 unspecified atom stereocenters. The standard InChI is InChI=1S/C15H13N3O2/c1-10(18-13-4-3-12(7-16)17-8-13)11-2-5-14-15(6-11)20-9-19-14/h2-6,8,10,18H,9H2,1H3. The van der Waals surface area contributed by atoms with E-state index in [4.69, 9.17) is 14.7 Å². The highest BCUT2D eigenvalue weighted by Gasteiger charge is 2.15. The minimum absolute atomic E-state index is 0.0965. The Kier molecular flexibility index (Phi) is 3.13. The van der Waals surface area contributed by atoms with E-state index in [-0.39, 0.29) is 12.8 Å². The van der Waals surface area contributed by atoms with Crippen LogP contribution in [0.4, 0.5) is 5.69 Å². The molecule has 0 fully saturated rings. The number of rotatable bonds is 3. The Morgan fingerprint density at radius 2 is 2.10 bits per heavy atom. The van der Waals surface area contributed by atoms with Crippen LogP contribution < -0.4 is 14.8 Å². The van der Waals surface area contributed by atoms with E-state index in [1.54, 1.807) is 12.3 Å². The van der Waals surface area contributed by atoms with Gasteiger partial charge in [0.1, 0.15) is 11.8 Å². The number of nitrogens with zero attached hydrogens (tertiary/aromatic N) is 2. The smallest absolute Gasteiger partial charge is 0.231 e. The van der Waals surface area contributed by atoms with Gasteiger partial charge >= 0.3 is 0 Å². The van der Waals surface area contributed by atoms with Crippen molar-refractivity contribution < 1.29 is 9.47 Å². The van der Waals surface area contributed by atoms with Gasteiger partial charge in [-0.2, -0.15) is 5.26 Å². The molecule has 3 rings (SSSR count). The maximum atomic E-state index is 8.72. The molecule has 1 aliphatic rings. The first-order chi connectivity index (χ1) is 9.76. The van der Waals surface area contributed by atoms with E-state index >= 15 is 0 Å². The Morgan fingerprint density at radius 3 is 2.85 bits per heavy atom. The molecule has 1 aliphatic heterocycles. The fraction of sp³-hybridized carbons (Fsp3) is 0.200. The second kappa shape index (κ2) is 5.10. The molecule has 2 aromatic rings. The molecule has 1 N–H and O–H groups in total. The van der Waals surface area contributed by atoms with Crippen LogP contribution in [0.1, 0.15) is 24.2 Å². The number of ether oxygens (including phenoxy) is 2. The number of hydrogen-bond donors (Lipinski definition) is 1. The molecule has 0 radical (unpaired) electrons. The van der Waals surface area contributed by atoms with Gasteiger partial charge in [-0.25, -0.2) is 4.98 Å². The molecule has 0 saturated heterocycles. The summed E-state index contributed by atoms with van der Waals surface area (Å²) in [5.74, 6) is 1.55. The summed E-state index contributed by atoms with van der Waals surface area (Å²) in [6, 6.07) is 11.5. The van der Waals surface area contributed by atoms with Crippen molar-refractivity contribution in [3.63, 3.8) is 0 Å². The van der Waals surface area contributed by atoms with E-state index in [1.165, 1.54) is 0 Å². The highest BCUT2D eigenvalue weighted by Crippen LogP contribution is 2.34. The summed E-state index contributed by atoms with van der Waals surface area (Å²) in [5, 5.41) is 12.1. The van der Waals surface area contributed by atoms with Gasteiger partial charge in [-0.05, 0) is 36.8 Å². The monoisotopic (exact) mass is 267 g/mol. The minimum atomic E-state index is 0.0965. The second-order valence-corrected chi connectivity index (χ2v) is 4.52. The number of hydrogen-bond acceptors (Lipinski definition) is 5. The van der Waals surface area contributed by atoms with Crippen LogP contribution in [0.25, 0.3) is 0 Å². The van der Waals surface area contributed by atoms with Crippen molar-refractivity contribution in [3.05, 3.63) is 47.8 Å². The number of benzene rings is 1. The summed E-state index contributed by atoms with van der Waals surface area (Å²) >= 11 is 0. The van der Waals surface area contributed by atoms with Crippen LogP contribution in [0, 0.1) is 11.3 Å². The molecular weight excluding hydrogens is 254 g/mol. The molecule has 1 aromatic carbocycles. The fourth-order valence-electron chi connectivity index (χ4n) is 2.06. The Balaban J connectivity index is 1.75. The fourth-order valence-corrected chi connectivity index (χ4v) is 2.06. The average molecular weight is 267 g/mol. The van der Waals surface area contributed by atoms with E-state index in [1.807, 2.05) is 30.3 Å². The van der Waals surface area contributed by atoms with Gasteiger partial charge in [-0.15, -0.1) is 0 Å². The van der Waals surface area contributed by atoms with E-state index in [2.05, 4.69) is 17.2 Å². The molecule has 20 heavy (non-hydrogen) atoms. The van der Waals surface area contributed by atoms with Gasteiger partial charge in [0.15, 0.2) is 11.5 Å². The van der Waals surface area contributed by atoms with Gasteiger partial charge in [0.05, 0.1) is 11.9 Å². The van der Waals surface area contributed by atoms with E-state index < -0.39 is 0 Å². The molecule has 0 bridgehead atoms. The molecule has 1 aromatic heterocycles. The lowest BCUT2D eigenvalue weighted by atomic mass is 10.1. The van der Waals surface area contributed by atoms with Crippen LogP contribution in [-0.4, -0.2) is 11.8 Å². The van der Waals surface area contributed by atoms with Crippen LogP contribution in [0.3, 0.4) is 0 Å². The summed E-state index contributed by atoms with van der Waals surface area (Å²) in [7, 11) is 0. The lowest BCUT2D eigenvalue weighted by Crippen LogP contribution is -2.06. The third-order valence-corrected chi connectivity index (χ3v) is 3.16. The maximum Gasteiger partial charge on any atom is 0.231 e. The SMILES string of the molecule is CC(Nc1ccc(C#N)nc1)c1ccc2c(c1)OCO2. The van der Waals surface area contributed by atoms with Crippen LogP contribution in [0.15, 0.2) is 36.5 Å². The largest absolute Gasteiger partial charge is 0.454 e. The molecule has 0 spiro atoms. The van der Waals surface area contributed by atoms with Gasteiger partial charge in [0.2, 0.25) is 6.79 Å². The first kappa shape index (κ1) is 12.3. The topological polar surface area (TPSA) is 67.2 Å². The Hall–Kier alpha value is -2.74. The summed E-state index contributed by atoms with van der Waals surface area (Å²) in [6.45, 7) is 2.33. The van der Waals surface area contributed by atoms with Crippen molar-refractivity contribution in [2.45, 2.75) is 13.0 Å². The lowest BCUT2D eigenvalue weighted by molar-refractivity contribution is 0.174. The van der Waals surface area contributed by atoms with Crippen molar-refractivity contribution in [2.24, 2.45) is 0 Å². The Labute approximate surface area is 116 Å². The summed E-state index contributed by atoms with van der Waals surface area (Å²) in [4.78, 5) is 4.03. The number of nitriles is 1. The van der Waals surface area contributed by atoms with Gasteiger partial charge in [0, 0.05) is 6.04 Å². The molecule has 1 atom stereocenters. The highest BCUT2D eigenvalue weighted by molar-refractivity contribution is 5.49. The zero-order valence-electron chi connectivity index (χ0n) is 11.0. The Morgan fingerprint density at radius 1 is 1.25 bits per heavy atom. The predicted molar refractivity (Wildman–Crippen MR) is 73.6 cm³/mol. The number of anilines is 1. The van der Waals surface area contributed by atoms with Gasteiger partial charge in [0.25, 0.3) is 0 Å². The van der Waals surface area contributed by atoms with Crippen molar-refractivity contribution >= 4 is 5.69 Å². The number of fused-ring (bicyclic) bond motifs is 1. The van der Waals surface area contributed by atoms with Crippen molar-refractivity contribution in [3.8, 4) is 17.6 Å².